The molecule has 0 bridgehead atoms. The number of rotatable bonds is 1. The molecule has 1 aliphatic rings. The normalized spacial score (nSPS) is 25.9. The van der Waals surface area contributed by atoms with Gasteiger partial charge in [0.2, 0.25) is 0 Å². The van der Waals surface area contributed by atoms with Crippen LogP contribution in [0.4, 0.5) is 0 Å². The molecule has 0 unspecified atom stereocenters. The minimum atomic E-state index is -0.726. The van der Waals surface area contributed by atoms with Gasteiger partial charge in [0.05, 0.1) is 17.2 Å². The van der Waals surface area contributed by atoms with E-state index in [1.54, 1.807) is 23.9 Å². The van der Waals surface area contributed by atoms with Crippen molar-refractivity contribution in [2.45, 2.75) is 18.4 Å². The lowest BCUT2D eigenvalue weighted by atomic mass is 9.90. The third kappa shape index (κ3) is 2.17. The lowest BCUT2D eigenvalue weighted by Gasteiger charge is -2.32. The van der Waals surface area contributed by atoms with Crippen LogP contribution >= 0.6 is 11.8 Å². The molecule has 1 atom stereocenters. The Morgan fingerprint density at radius 3 is 3.00 bits per heavy atom. The van der Waals surface area contributed by atoms with Crippen LogP contribution in [0.3, 0.4) is 0 Å². The van der Waals surface area contributed by atoms with Crippen molar-refractivity contribution in [3.05, 3.63) is 35.4 Å². The summed E-state index contributed by atoms with van der Waals surface area (Å²) >= 11 is 1.78. The standard InChI is InChI=1S/C12H13NOS/c13-8-10-3-1-4-11(7-10)12(14)5-2-6-15-9-12/h1,3-4,7,14H,2,5-6,9H2/t12-/m0/s1. The second-order valence-electron chi connectivity index (χ2n) is 3.88. The van der Waals surface area contributed by atoms with E-state index < -0.39 is 5.60 Å². The van der Waals surface area contributed by atoms with Gasteiger partial charge in [-0.15, -0.1) is 0 Å². The summed E-state index contributed by atoms with van der Waals surface area (Å²) in [6, 6.07) is 9.42. The van der Waals surface area contributed by atoms with Crippen LogP contribution in [0.5, 0.6) is 0 Å². The van der Waals surface area contributed by atoms with Gasteiger partial charge in [0, 0.05) is 5.75 Å². The minimum absolute atomic E-state index is 0.622. The van der Waals surface area contributed by atoms with Crippen molar-refractivity contribution >= 4 is 11.8 Å². The van der Waals surface area contributed by atoms with E-state index in [4.69, 9.17) is 5.26 Å². The Morgan fingerprint density at radius 2 is 2.33 bits per heavy atom. The van der Waals surface area contributed by atoms with Gasteiger partial charge in [0.1, 0.15) is 0 Å². The predicted molar refractivity (Wildman–Crippen MR) is 61.6 cm³/mol. The highest BCUT2D eigenvalue weighted by Gasteiger charge is 2.31. The quantitative estimate of drug-likeness (QED) is 0.788. The highest BCUT2D eigenvalue weighted by molar-refractivity contribution is 7.99. The monoisotopic (exact) mass is 219 g/mol. The Kier molecular flexibility index (Phi) is 2.99. The fraction of sp³-hybridized carbons (Fsp3) is 0.417. The third-order valence-corrected chi connectivity index (χ3v) is 4.01. The number of hydrogen-bond acceptors (Lipinski definition) is 3. The first-order chi connectivity index (χ1) is 7.24. The van der Waals surface area contributed by atoms with Crippen molar-refractivity contribution < 1.29 is 5.11 Å². The summed E-state index contributed by atoms with van der Waals surface area (Å²) in [4.78, 5) is 0. The number of nitriles is 1. The van der Waals surface area contributed by atoms with E-state index in [1.807, 2.05) is 12.1 Å². The molecular weight excluding hydrogens is 206 g/mol. The summed E-state index contributed by atoms with van der Waals surface area (Å²) in [5.41, 5.74) is 0.778. The molecule has 2 nitrogen and oxygen atoms in total. The van der Waals surface area contributed by atoms with Gasteiger partial charge in [-0.25, -0.2) is 0 Å². The number of benzene rings is 1. The Labute approximate surface area is 93.9 Å². The zero-order chi connectivity index (χ0) is 10.7. The summed E-state index contributed by atoms with van der Waals surface area (Å²) < 4.78 is 0. The van der Waals surface area contributed by atoms with E-state index >= 15 is 0 Å². The van der Waals surface area contributed by atoms with E-state index in [2.05, 4.69) is 6.07 Å². The molecule has 1 aliphatic heterocycles. The fourth-order valence-corrected chi connectivity index (χ4v) is 3.03. The average molecular weight is 219 g/mol. The maximum atomic E-state index is 10.4. The number of aliphatic hydroxyl groups is 1. The van der Waals surface area contributed by atoms with E-state index in [0.717, 1.165) is 29.9 Å². The van der Waals surface area contributed by atoms with Crippen LogP contribution in [0.1, 0.15) is 24.0 Å². The Bertz CT molecular complexity index is 391. The molecule has 0 spiro atoms. The second-order valence-corrected chi connectivity index (χ2v) is 4.99. The van der Waals surface area contributed by atoms with Crippen LogP contribution < -0.4 is 0 Å². The zero-order valence-electron chi connectivity index (χ0n) is 8.44. The molecule has 1 saturated heterocycles. The first-order valence-electron chi connectivity index (χ1n) is 5.05. The van der Waals surface area contributed by atoms with E-state index in [9.17, 15) is 5.11 Å². The molecule has 1 fully saturated rings. The predicted octanol–water partition coefficient (Wildman–Crippen LogP) is 2.27. The molecule has 0 aromatic heterocycles. The van der Waals surface area contributed by atoms with Gasteiger partial charge >= 0.3 is 0 Å². The van der Waals surface area contributed by atoms with Crippen molar-refractivity contribution in [3.8, 4) is 6.07 Å². The van der Waals surface area contributed by atoms with E-state index in [1.165, 1.54) is 0 Å². The molecule has 1 heterocycles. The summed E-state index contributed by atoms with van der Waals surface area (Å²) in [6.07, 6.45) is 1.84. The number of nitrogens with zero attached hydrogens (tertiary/aromatic N) is 1. The highest BCUT2D eigenvalue weighted by Crippen LogP contribution is 2.35. The Morgan fingerprint density at radius 1 is 1.47 bits per heavy atom. The molecule has 78 valence electrons. The smallest absolute Gasteiger partial charge is 0.0991 e. The molecule has 0 aliphatic carbocycles. The fourth-order valence-electron chi connectivity index (χ4n) is 1.89. The Balaban J connectivity index is 2.31. The van der Waals surface area contributed by atoms with Crippen molar-refractivity contribution in [2.75, 3.05) is 11.5 Å². The van der Waals surface area contributed by atoms with Crippen LogP contribution in [0.15, 0.2) is 24.3 Å². The van der Waals surface area contributed by atoms with Crippen molar-refractivity contribution in [1.82, 2.24) is 0 Å². The lowest BCUT2D eigenvalue weighted by molar-refractivity contribution is 0.0495. The minimum Gasteiger partial charge on any atom is -0.384 e. The summed E-state index contributed by atoms with van der Waals surface area (Å²) in [5, 5.41) is 19.2. The molecule has 15 heavy (non-hydrogen) atoms. The van der Waals surface area contributed by atoms with Gasteiger partial charge in [0.25, 0.3) is 0 Å². The van der Waals surface area contributed by atoms with Gasteiger partial charge in [-0.1, -0.05) is 12.1 Å². The first-order valence-corrected chi connectivity index (χ1v) is 6.21. The molecule has 0 radical (unpaired) electrons. The molecule has 1 aromatic rings. The van der Waals surface area contributed by atoms with Gasteiger partial charge in [-0.2, -0.15) is 17.0 Å². The van der Waals surface area contributed by atoms with E-state index in [0.29, 0.717) is 5.56 Å². The zero-order valence-corrected chi connectivity index (χ0v) is 9.26. The largest absolute Gasteiger partial charge is 0.384 e. The van der Waals surface area contributed by atoms with Crippen LogP contribution in [0.2, 0.25) is 0 Å². The number of thioether (sulfide) groups is 1. The molecule has 2 rings (SSSR count). The van der Waals surface area contributed by atoms with Crippen molar-refractivity contribution in [3.63, 3.8) is 0 Å². The third-order valence-electron chi connectivity index (χ3n) is 2.75. The molecule has 1 N–H and O–H groups in total. The maximum Gasteiger partial charge on any atom is 0.0991 e. The van der Waals surface area contributed by atoms with Gasteiger partial charge in [-0.3, -0.25) is 0 Å². The van der Waals surface area contributed by atoms with E-state index in [-0.39, 0.29) is 0 Å². The maximum absolute atomic E-state index is 10.4. The number of hydrogen-bond donors (Lipinski definition) is 1. The van der Waals surface area contributed by atoms with Crippen LogP contribution in [0, 0.1) is 11.3 Å². The second kappa shape index (κ2) is 4.26. The summed E-state index contributed by atoms with van der Waals surface area (Å²) in [5.74, 6) is 1.86. The van der Waals surface area contributed by atoms with Crippen LogP contribution in [-0.2, 0) is 5.60 Å². The Hall–Kier alpha value is -0.980. The van der Waals surface area contributed by atoms with Crippen molar-refractivity contribution in [1.29, 1.82) is 5.26 Å². The first kappa shape index (κ1) is 10.5. The summed E-state index contributed by atoms with van der Waals surface area (Å²) in [6.45, 7) is 0. The van der Waals surface area contributed by atoms with Crippen LogP contribution in [0.25, 0.3) is 0 Å². The van der Waals surface area contributed by atoms with Crippen molar-refractivity contribution in [2.24, 2.45) is 0 Å². The SMILES string of the molecule is N#Cc1cccc([C@]2(O)CCCSC2)c1. The summed E-state index contributed by atoms with van der Waals surface area (Å²) in [7, 11) is 0. The molecule has 3 heteroatoms. The highest BCUT2D eigenvalue weighted by atomic mass is 32.2. The van der Waals surface area contributed by atoms with Crippen LogP contribution in [-0.4, -0.2) is 16.6 Å². The topological polar surface area (TPSA) is 44.0 Å². The lowest BCUT2D eigenvalue weighted by Crippen LogP contribution is -2.31. The average Bonchev–Trinajstić information content (AvgIpc) is 2.30. The van der Waals surface area contributed by atoms with Gasteiger partial charge in [0.15, 0.2) is 0 Å². The van der Waals surface area contributed by atoms with Gasteiger partial charge in [-0.05, 0) is 36.3 Å². The molecule has 1 aromatic carbocycles. The molecule has 0 saturated carbocycles. The molecular formula is C12H13NOS. The molecule has 0 amide bonds. The van der Waals surface area contributed by atoms with Gasteiger partial charge < -0.3 is 5.11 Å².